The summed E-state index contributed by atoms with van der Waals surface area (Å²) in [6, 6.07) is 3.96. The predicted molar refractivity (Wildman–Crippen MR) is 57.3 cm³/mol. The van der Waals surface area contributed by atoms with E-state index in [2.05, 4.69) is 4.98 Å². The molecule has 0 radical (unpaired) electrons. The summed E-state index contributed by atoms with van der Waals surface area (Å²) in [6.45, 7) is 1.64. The van der Waals surface area contributed by atoms with Crippen molar-refractivity contribution in [2.75, 3.05) is 0 Å². The zero-order valence-corrected chi connectivity index (χ0v) is 9.19. The van der Waals surface area contributed by atoms with Gasteiger partial charge in [0.1, 0.15) is 0 Å². The number of alkyl halides is 3. The monoisotopic (exact) mass is 243 g/mol. The van der Waals surface area contributed by atoms with Gasteiger partial charge in [-0.15, -0.1) is 11.3 Å². The van der Waals surface area contributed by atoms with E-state index in [9.17, 15) is 13.2 Å². The number of aromatic nitrogens is 1. The second-order valence-corrected chi connectivity index (χ2v) is 4.18. The smallest absolute Gasteiger partial charge is 0.245 e. The van der Waals surface area contributed by atoms with Crippen LogP contribution in [0.15, 0.2) is 29.1 Å². The molecule has 1 aromatic heterocycles. The van der Waals surface area contributed by atoms with Crippen LogP contribution < -0.4 is 0 Å². The van der Waals surface area contributed by atoms with Crippen molar-refractivity contribution in [1.82, 2.24) is 4.98 Å². The van der Waals surface area contributed by atoms with Gasteiger partial charge in [0.2, 0.25) is 0 Å². The number of aryl methyl sites for hydroxylation is 1. The molecule has 0 aliphatic carbocycles. The maximum absolute atomic E-state index is 12.6. The lowest BCUT2D eigenvalue weighted by Gasteiger charge is -2.09. The zero-order chi connectivity index (χ0) is 11.8. The quantitative estimate of drug-likeness (QED) is 0.733. The van der Waals surface area contributed by atoms with E-state index in [4.69, 9.17) is 0 Å². The summed E-state index contributed by atoms with van der Waals surface area (Å²) in [5, 5.41) is 1.73. The Morgan fingerprint density at radius 2 is 1.94 bits per heavy atom. The van der Waals surface area contributed by atoms with Gasteiger partial charge in [0, 0.05) is 10.9 Å². The van der Waals surface area contributed by atoms with Crippen LogP contribution in [0.5, 0.6) is 0 Å². The van der Waals surface area contributed by atoms with Gasteiger partial charge in [-0.2, -0.15) is 13.2 Å². The van der Waals surface area contributed by atoms with Crippen molar-refractivity contribution in [1.29, 1.82) is 0 Å². The Morgan fingerprint density at radius 1 is 1.19 bits per heavy atom. The van der Waals surface area contributed by atoms with E-state index >= 15 is 0 Å². The summed E-state index contributed by atoms with van der Waals surface area (Å²) in [7, 11) is 0. The van der Waals surface area contributed by atoms with E-state index in [0.717, 1.165) is 12.1 Å². The van der Waals surface area contributed by atoms with Crippen LogP contribution in [0, 0.1) is 6.92 Å². The third-order valence-corrected chi connectivity index (χ3v) is 2.72. The fourth-order valence-electron chi connectivity index (χ4n) is 1.45. The minimum Gasteiger partial charge on any atom is -0.245 e. The van der Waals surface area contributed by atoms with E-state index in [1.54, 1.807) is 23.9 Å². The normalized spacial score (nSPS) is 11.8. The Hall–Kier alpha value is -1.36. The molecule has 0 atom stereocenters. The lowest BCUT2D eigenvalue weighted by molar-refractivity contribution is -0.137. The van der Waals surface area contributed by atoms with Crippen LogP contribution in [0.3, 0.4) is 0 Å². The summed E-state index contributed by atoms with van der Waals surface area (Å²) >= 11 is 1.36. The zero-order valence-electron chi connectivity index (χ0n) is 8.38. The standard InChI is InChI=1S/C11H8F3NS/c1-7-2-8(10-5-16-6-15-10)4-9(3-7)11(12,13)14/h2-6H,1H3. The highest BCUT2D eigenvalue weighted by atomic mass is 32.1. The first-order chi connectivity index (χ1) is 7.47. The lowest BCUT2D eigenvalue weighted by Crippen LogP contribution is -2.05. The number of rotatable bonds is 1. The fraction of sp³-hybridized carbons (Fsp3) is 0.182. The summed E-state index contributed by atoms with van der Waals surface area (Å²) in [4.78, 5) is 4.00. The average molecular weight is 243 g/mol. The van der Waals surface area contributed by atoms with Gasteiger partial charge in [-0.05, 0) is 30.7 Å². The molecule has 0 fully saturated rings. The van der Waals surface area contributed by atoms with Gasteiger partial charge in [0.05, 0.1) is 16.8 Å². The molecule has 1 nitrogen and oxygen atoms in total. The van der Waals surface area contributed by atoms with Gasteiger partial charge in [-0.1, -0.05) is 0 Å². The second-order valence-electron chi connectivity index (χ2n) is 3.46. The summed E-state index contributed by atoms with van der Waals surface area (Å²) in [5.41, 5.74) is 2.64. The van der Waals surface area contributed by atoms with Gasteiger partial charge in [0.25, 0.3) is 0 Å². The van der Waals surface area contributed by atoms with Crippen molar-refractivity contribution >= 4 is 11.3 Å². The SMILES string of the molecule is Cc1cc(-c2cscn2)cc(C(F)(F)F)c1. The molecule has 0 aliphatic rings. The number of halogens is 3. The highest BCUT2D eigenvalue weighted by Crippen LogP contribution is 2.33. The molecule has 1 aromatic carbocycles. The van der Waals surface area contributed by atoms with E-state index in [1.807, 2.05) is 0 Å². The molecular weight excluding hydrogens is 235 g/mol. The van der Waals surface area contributed by atoms with Crippen LogP contribution in [0.25, 0.3) is 11.3 Å². The molecular formula is C11H8F3NS. The van der Waals surface area contributed by atoms with Crippen molar-refractivity contribution in [3.8, 4) is 11.3 Å². The number of thiazole rings is 1. The minimum atomic E-state index is -4.31. The van der Waals surface area contributed by atoms with Gasteiger partial charge in [-0.3, -0.25) is 0 Å². The van der Waals surface area contributed by atoms with Crippen LogP contribution in [0.2, 0.25) is 0 Å². The Labute approximate surface area is 94.6 Å². The first-order valence-electron chi connectivity index (χ1n) is 4.54. The van der Waals surface area contributed by atoms with E-state index in [0.29, 0.717) is 16.8 Å². The first-order valence-corrected chi connectivity index (χ1v) is 5.48. The molecule has 0 spiro atoms. The molecule has 0 saturated carbocycles. The number of hydrogen-bond acceptors (Lipinski definition) is 2. The third kappa shape index (κ3) is 2.24. The van der Waals surface area contributed by atoms with Crippen LogP contribution in [-0.4, -0.2) is 4.98 Å². The molecule has 0 amide bonds. The fourth-order valence-corrected chi connectivity index (χ4v) is 2.01. The van der Waals surface area contributed by atoms with Crippen molar-refractivity contribution < 1.29 is 13.2 Å². The Morgan fingerprint density at radius 3 is 2.50 bits per heavy atom. The van der Waals surface area contributed by atoms with Crippen LogP contribution >= 0.6 is 11.3 Å². The summed E-state index contributed by atoms with van der Waals surface area (Å²) in [6.07, 6.45) is -4.31. The molecule has 2 rings (SSSR count). The Balaban J connectivity index is 2.53. The van der Waals surface area contributed by atoms with Crippen molar-refractivity contribution in [3.05, 3.63) is 40.2 Å². The lowest BCUT2D eigenvalue weighted by atomic mass is 10.0. The van der Waals surface area contributed by atoms with Crippen LogP contribution in [0.1, 0.15) is 11.1 Å². The van der Waals surface area contributed by atoms with E-state index in [1.165, 1.54) is 11.3 Å². The maximum atomic E-state index is 12.6. The second kappa shape index (κ2) is 3.90. The molecule has 84 valence electrons. The molecule has 0 aliphatic heterocycles. The molecule has 0 bridgehead atoms. The largest absolute Gasteiger partial charge is 0.416 e. The molecule has 5 heteroatoms. The highest BCUT2D eigenvalue weighted by Gasteiger charge is 2.31. The molecule has 0 saturated heterocycles. The number of nitrogens with zero attached hydrogens (tertiary/aromatic N) is 1. The molecule has 0 N–H and O–H groups in total. The van der Waals surface area contributed by atoms with Gasteiger partial charge in [0.15, 0.2) is 0 Å². The van der Waals surface area contributed by atoms with Crippen LogP contribution in [0.4, 0.5) is 13.2 Å². The Bertz CT molecular complexity index is 488. The molecule has 16 heavy (non-hydrogen) atoms. The summed E-state index contributed by atoms with van der Waals surface area (Å²) in [5.74, 6) is 0. The van der Waals surface area contributed by atoms with Gasteiger partial charge < -0.3 is 0 Å². The van der Waals surface area contributed by atoms with Crippen molar-refractivity contribution in [3.63, 3.8) is 0 Å². The van der Waals surface area contributed by atoms with E-state index in [-0.39, 0.29) is 0 Å². The van der Waals surface area contributed by atoms with Crippen molar-refractivity contribution in [2.45, 2.75) is 13.1 Å². The van der Waals surface area contributed by atoms with Gasteiger partial charge >= 0.3 is 6.18 Å². The molecule has 2 aromatic rings. The predicted octanol–water partition coefficient (Wildman–Crippen LogP) is 4.14. The van der Waals surface area contributed by atoms with Crippen molar-refractivity contribution in [2.24, 2.45) is 0 Å². The molecule has 1 heterocycles. The number of benzene rings is 1. The summed E-state index contributed by atoms with van der Waals surface area (Å²) < 4.78 is 37.7. The van der Waals surface area contributed by atoms with Gasteiger partial charge in [-0.25, -0.2) is 4.98 Å². The number of hydrogen-bond donors (Lipinski definition) is 0. The minimum absolute atomic E-state index is 0.508. The van der Waals surface area contributed by atoms with E-state index < -0.39 is 11.7 Å². The topological polar surface area (TPSA) is 12.9 Å². The third-order valence-electron chi connectivity index (χ3n) is 2.13. The maximum Gasteiger partial charge on any atom is 0.416 e. The Kier molecular flexibility index (Phi) is 2.71. The first kappa shape index (κ1) is 11.1. The van der Waals surface area contributed by atoms with Crippen LogP contribution in [-0.2, 0) is 6.18 Å². The average Bonchev–Trinajstić information content (AvgIpc) is 2.68. The highest BCUT2D eigenvalue weighted by molar-refractivity contribution is 7.07. The molecule has 0 unspecified atom stereocenters.